The molecule has 0 aliphatic carbocycles. The summed E-state index contributed by atoms with van der Waals surface area (Å²) in [6, 6.07) is 13.3. The van der Waals surface area contributed by atoms with E-state index in [0.717, 1.165) is 22.0 Å². The van der Waals surface area contributed by atoms with Gasteiger partial charge in [-0.15, -0.1) is 21.5 Å². The number of hydrogen-bond donors (Lipinski definition) is 1. The van der Waals surface area contributed by atoms with Gasteiger partial charge in [0.05, 0.1) is 24.3 Å². The maximum atomic E-state index is 12.4. The van der Waals surface area contributed by atoms with Crippen molar-refractivity contribution in [2.24, 2.45) is 0 Å². The first-order chi connectivity index (χ1) is 14.2. The summed E-state index contributed by atoms with van der Waals surface area (Å²) in [7, 11) is 0. The maximum absolute atomic E-state index is 12.4. The fourth-order valence-electron chi connectivity index (χ4n) is 2.63. The van der Waals surface area contributed by atoms with Crippen LogP contribution < -0.4 is 10.1 Å². The van der Waals surface area contributed by atoms with E-state index in [1.807, 2.05) is 54.8 Å². The van der Waals surface area contributed by atoms with Gasteiger partial charge in [0.25, 0.3) is 0 Å². The van der Waals surface area contributed by atoms with E-state index in [1.165, 1.54) is 22.7 Å². The van der Waals surface area contributed by atoms with Gasteiger partial charge in [-0.05, 0) is 31.2 Å². The number of benzene rings is 1. The maximum Gasteiger partial charge on any atom is 0.232 e. The van der Waals surface area contributed by atoms with E-state index in [9.17, 15) is 4.79 Å². The van der Waals surface area contributed by atoms with Crippen LogP contribution in [0, 0.1) is 0 Å². The molecule has 0 saturated carbocycles. The van der Waals surface area contributed by atoms with Gasteiger partial charge < -0.3 is 10.1 Å². The Balaban J connectivity index is 1.42. The molecule has 4 rings (SSSR count). The standard InChI is InChI=1S/C20H17N5O2S2/c1-2-27-16-9-4-3-7-14(16)18-22-13(12-28-18)11-17(26)23-20-25-24-19(29-20)15-8-5-6-10-21-15/h3-10,12H,2,11H2,1H3,(H,23,25,26). The van der Waals surface area contributed by atoms with Gasteiger partial charge >= 0.3 is 0 Å². The quantitative estimate of drug-likeness (QED) is 0.477. The molecule has 1 aromatic carbocycles. The lowest BCUT2D eigenvalue weighted by Gasteiger charge is -2.07. The third-order valence-electron chi connectivity index (χ3n) is 3.87. The van der Waals surface area contributed by atoms with Gasteiger partial charge in [-0.1, -0.05) is 29.5 Å². The van der Waals surface area contributed by atoms with Crippen LogP contribution in [0.15, 0.2) is 54.0 Å². The van der Waals surface area contributed by atoms with E-state index >= 15 is 0 Å². The Bertz CT molecular complexity index is 1110. The fourth-order valence-corrected chi connectivity index (χ4v) is 4.22. The molecule has 0 unspecified atom stereocenters. The van der Waals surface area contributed by atoms with Crippen LogP contribution in [0.2, 0.25) is 0 Å². The van der Waals surface area contributed by atoms with Crippen molar-refractivity contribution in [2.75, 3.05) is 11.9 Å². The van der Waals surface area contributed by atoms with E-state index in [4.69, 9.17) is 4.74 Å². The molecule has 7 nitrogen and oxygen atoms in total. The average Bonchev–Trinajstić information content (AvgIpc) is 3.39. The van der Waals surface area contributed by atoms with Crippen molar-refractivity contribution in [3.05, 3.63) is 59.7 Å². The van der Waals surface area contributed by atoms with Crippen molar-refractivity contribution in [1.82, 2.24) is 20.2 Å². The number of amides is 1. The molecule has 0 radical (unpaired) electrons. The van der Waals surface area contributed by atoms with Crippen molar-refractivity contribution in [3.8, 4) is 27.0 Å². The molecule has 0 aliphatic heterocycles. The number of carbonyl (C=O) groups excluding carboxylic acids is 1. The highest BCUT2D eigenvalue weighted by atomic mass is 32.1. The van der Waals surface area contributed by atoms with Crippen LogP contribution in [0.3, 0.4) is 0 Å². The molecule has 4 aromatic rings. The van der Waals surface area contributed by atoms with Crippen molar-refractivity contribution in [2.45, 2.75) is 13.3 Å². The van der Waals surface area contributed by atoms with Crippen molar-refractivity contribution in [3.63, 3.8) is 0 Å². The highest BCUT2D eigenvalue weighted by Crippen LogP contribution is 2.32. The van der Waals surface area contributed by atoms with Gasteiger partial charge in [0, 0.05) is 11.6 Å². The number of ether oxygens (including phenoxy) is 1. The van der Waals surface area contributed by atoms with Crippen molar-refractivity contribution in [1.29, 1.82) is 0 Å². The van der Waals surface area contributed by atoms with Gasteiger partial charge in [-0.25, -0.2) is 4.98 Å². The Morgan fingerprint density at radius 1 is 1.10 bits per heavy atom. The number of rotatable bonds is 7. The minimum atomic E-state index is -0.191. The first-order valence-electron chi connectivity index (χ1n) is 8.94. The first kappa shape index (κ1) is 19.2. The molecule has 1 amide bonds. The SMILES string of the molecule is CCOc1ccccc1-c1nc(CC(=O)Nc2nnc(-c3ccccn3)s2)cs1. The highest BCUT2D eigenvalue weighted by molar-refractivity contribution is 7.18. The summed E-state index contributed by atoms with van der Waals surface area (Å²) in [6.07, 6.45) is 1.85. The monoisotopic (exact) mass is 423 g/mol. The molecule has 0 aliphatic rings. The number of thiazole rings is 1. The summed E-state index contributed by atoms with van der Waals surface area (Å²) in [5, 5.41) is 14.7. The number of nitrogens with zero attached hydrogens (tertiary/aromatic N) is 4. The van der Waals surface area contributed by atoms with Crippen LogP contribution in [-0.2, 0) is 11.2 Å². The van der Waals surface area contributed by atoms with Gasteiger partial charge in [0.2, 0.25) is 11.0 Å². The molecule has 0 spiro atoms. The summed E-state index contributed by atoms with van der Waals surface area (Å²) < 4.78 is 5.67. The molecule has 29 heavy (non-hydrogen) atoms. The Morgan fingerprint density at radius 2 is 1.97 bits per heavy atom. The van der Waals surface area contributed by atoms with Crippen molar-refractivity contribution < 1.29 is 9.53 Å². The van der Waals surface area contributed by atoms with Crippen LogP contribution in [0.4, 0.5) is 5.13 Å². The van der Waals surface area contributed by atoms with Crippen LogP contribution in [0.5, 0.6) is 5.75 Å². The van der Waals surface area contributed by atoms with E-state index < -0.39 is 0 Å². The van der Waals surface area contributed by atoms with E-state index in [2.05, 4.69) is 25.5 Å². The van der Waals surface area contributed by atoms with Gasteiger partial charge in [0.15, 0.2) is 5.01 Å². The van der Waals surface area contributed by atoms with Crippen LogP contribution in [0.25, 0.3) is 21.3 Å². The minimum absolute atomic E-state index is 0.159. The Kier molecular flexibility index (Phi) is 5.87. The smallest absolute Gasteiger partial charge is 0.232 e. The number of pyridine rings is 1. The molecule has 0 fully saturated rings. The van der Waals surface area contributed by atoms with E-state index in [1.54, 1.807) is 6.20 Å². The average molecular weight is 424 g/mol. The molecule has 3 aromatic heterocycles. The summed E-state index contributed by atoms with van der Waals surface area (Å²) >= 11 is 2.77. The molecular formula is C20H17N5O2S2. The molecule has 0 saturated heterocycles. The molecule has 9 heteroatoms. The van der Waals surface area contributed by atoms with Gasteiger partial charge in [-0.2, -0.15) is 0 Å². The lowest BCUT2D eigenvalue weighted by Crippen LogP contribution is -2.14. The molecule has 0 atom stereocenters. The number of aromatic nitrogens is 4. The lowest BCUT2D eigenvalue weighted by atomic mass is 10.2. The van der Waals surface area contributed by atoms with E-state index in [0.29, 0.717) is 22.4 Å². The predicted octanol–water partition coefficient (Wildman–Crippen LogP) is 4.30. The Morgan fingerprint density at radius 3 is 2.79 bits per heavy atom. The lowest BCUT2D eigenvalue weighted by molar-refractivity contribution is -0.115. The molecule has 0 bridgehead atoms. The zero-order valence-corrected chi connectivity index (χ0v) is 17.2. The predicted molar refractivity (Wildman–Crippen MR) is 114 cm³/mol. The Labute approximate surface area is 175 Å². The van der Waals surface area contributed by atoms with Crippen LogP contribution >= 0.6 is 22.7 Å². The summed E-state index contributed by atoms with van der Waals surface area (Å²) in [5.74, 6) is 0.597. The third-order valence-corrected chi connectivity index (χ3v) is 5.65. The molecule has 3 heterocycles. The van der Waals surface area contributed by atoms with Gasteiger partial charge in [0.1, 0.15) is 16.5 Å². The second-order valence-electron chi connectivity index (χ2n) is 5.93. The number of anilines is 1. The highest BCUT2D eigenvalue weighted by Gasteiger charge is 2.14. The third kappa shape index (κ3) is 4.64. The second-order valence-corrected chi connectivity index (χ2v) is 7.76. The zero-order chi connectivity index (χ0) is 20.1. The number of para-hydroxylation sites is 1. The van der Waals surface area contributed by atoms with E-state index in [-0.39, 0.29) is 12.3 Å². The van der Waals surface area contributed by atoms with Crippen molar-refractivity contribution >= 4 is 33.7 Å². The molecule has 1 N–H and O–H groups in total. The number of hydrogen-bond acceptors (Lipinski definition) is 8. The fraction of sp³-hybridized carbons (Fsp3) is 0.150. The Hall–Kier alpha value is -3.17. The first-order valence-corrected chi connectivity index (χ1v) is 10.6. The normalized spacial score (nSPS) is 10.7. The summed E-state index contributed by atoms with van der Waals surface area (Å²) in [4.78, 5) is 21.2. The minimum Gasteiger partial charge on any atom is -0.493 e. The zero-order valence-electron chi connectivity index (χ0n) is 15.5. The number of carbonyl (C=O) groups is 1. The van der Waals surface area contributed by atoms with Crippen LogP contribution in [0.1, 0.15) is 12.6 Å². The second kappa shape index (κ2) is 8.89. The topological polar surface area (TPSA) is 89.9 Å². The molecular weight excluding hydrogens is 406 g/mol. The van der Waals surface area contributed by atoms with Crippen LogP contribution in [-0.4, -0.2) is 32.7 Å². The summed E-state index contributed by atoms with van der Waals surface area (Å²) in [6.45, 7) is 2.53. The number of nitrogens with one attached hydrogen (secondary N) is 1. The summed E-state index contributed by atoms with van der Waals surface area (Å²) in [5.41, 5.74) is 2.35. The largest absolute Gasteiger partial charge is 0.493 e. The molecule has 146 valence electrons. The van der Waals surface area contributed by atoms with Gasteiger partial charge in [-0.3, -0.25) is 9.78 Å².